The van der Waals surface area contributed by atoms with Crippen LogP contribution >= 0.6 is 0 Å². The molecule has 12 aromatic rings. The zero-order valence-electron chi connectivity index (χ0n) is 63.0. The van der Waals surface area contributed by atoms with Crippen molar-refractivity contribution < 1.29 is 46.4 Å². The van der Waals surface area contributed by atoms with Crippen molar-refractivity contribution in [2.75, 3.05) is 50.0 Å². The molecule has 8 aromatic heterocycles. The van der Waals surface area contributed by atoms with Crippen molar-refractivity contribution in [1.82, 2.24) is 59.1 Å². The van der Waals surface area contributed by atoms with Crippen molar-refractivity contribution in [2.45, 2.75) is 126 Å². The molecule has 0 aliphatic carbocycles. The molecule has 6 N–H and O–H groups in total. The van der Waals surface area contributed by atoms with Gasteiger partial charge in [0.1, 0.15) is 41.6 Å². The normalized spacial score (nSPS) is 23.5. The van der Waals surface area contributed by atoms with Crippen molar-refractivity contribution in [3.05, 3.63) is 186 Å². The smallest absolute Gasteiger partial charge is 0.276 e. The fourth-order valence-corrected chi connectivity index (χ4v) is 18.9. The van der Waals surface area contributed by atoms with E-state index >= 15 is 0 Å². The lowest BCUT2D eigenvalue weighted by atomic mass is 9.98. The van der Waals surface area contributed by atoms with Crippen LogP contribution in [0.5, 0.6) is 23.5 Å². The molecule has 0 spiro atoms. The van der Waals surface area contributed by atoms with Crippen molar-refractivity contribution >= 4 is 126 Å². The topological polar surface area (TPSA) is 345 Å². The van der Waals surface area contributed by atoms with Crippen LogP contribution in [0.1, 0.15) is 108 Å². The maximum absolute atomic E-state index is 12.4. The molecule has 6 unspecified atom stereocenters. The Morgan fingerprint density at radius 3 is 1.42 bits per heavy atom. The number of nitrogens with zero attached hydrogens (tertiary/aromatic N) is 14. The first-order valence-corrected chi connectivity index (χ1v) is 42.1. The van der Waals surface area contributed by atoms with Crippen molar-refractivity contribution in [3.63, 3.8) is 0 Å². The Bertz CT molecular complexity index is 5760. The highest BCUT2D eigenvalue weighted by Gasteiger charge is 2.44. The van der Waals surface area contributed by atoms with Crippen LogP contribution in [0.4, 0.5) is 28.4 Å². The van der Waals surface area contributed by atoms with E-state index < -0.39 is 19.0 Å². The summed E-state index contributed by atoms with van der Waals surface area (Å²) in [5, 5.41) is 34.5. The molecule has 6 fully saturated rings. The van der Waals surface area contributed by atoms with Crippen LogP contribution in [0.25, 0.3) is 43.6 Å². The van der Waals surface area contributed by atoms with Gasteiger partial charge in [-0.15, -0.1) is 20.4 Å². The van der Waals surface area contributed by atoms with Gasteiger partial charge in [0, 0.05) is 123 Å². The van der Waals surface area contributed by atoms with E-state index in [0.29, 0.717) is 107 Å². The molecule has 29 nitrogen and oxygen atoms in total. The second kappa shape index (κ2) is 31.1. The highest BCUT2D eigenvalue weighted by molar-refractivity contribution is 8.00. The van der Waals surface area contributed by atoms with Gasteiger partial charge < -0.3 is 55.4 Å². The van der Waals surface area contributed by atoms with Crippen molar-refractivity contribution in [1.29, 1.82) is 0 Å². The number of hydrogen-bond donors (Lipinski definition) is 5. The molecule has 582 valence electrons. The van der Waals surface area contributed by atoms with E-state index in [4.69, 9.17) is 34.2 Å². The van der Waals surface area contributed by atoms with Gasteiger partial charge in [-0.1, -0.05) is 12.1 Å². The minimum atomic E-state index is -1.95. The van der Waals surface area contributed by atoms with E-state index in [-0.39, 0.29) is 54.1 Å². The number of pyridine rings is 4. The molecule has 20 rings (SSSR count). The molecule has 8 aliphatic rings. The van der Waals surface area contributed by atoms with Gasteiger partial charge in [-0.2, -0.15) is 0 Å². The van der Waals surface area contributed by atoms with Crippen LogP contribution in [0, 0.1) is 0 Å². The van der Waals surface area contributed by atoms with Gasteiger partial charge in [0.05, 0.1) is 92.5 Å². The second-order valence-corrected chi connectivity index (χ2v) is 35.2. The first kappa shape index (κ1) is 74.0. The first-order valence-electron chi connectivity index (χ1n) is 38.0. The number of aromatic nitrogens is 12. The van der Waals surface area contributed by atoms with Crippen molar-refractivity contribution in [3.8, 4) is 23.5 Å². The number of aryl methyl sites for hydroxylation is 4. The van der Waals surface area contributed by atoms with Gasteiger partial charge in [-0.05, 0) is 197 Å². The number of anilines is 5. The summed E-state index contributed by atoms with van der Waals surface area (Å²) in [6.45, 7) is 1.29. The third-order valence-electron chi connectivity index (χ3n) is 21.7. The Morgan fingerprint density at radius 1 is 0.478 bits per heavy atom. The Labute approximate surface area is 652 Å². The number of hydrogen-bond acceptors (Lipinski definition) is 23. The number of nitrogens with two attached hydrogens (primary N) is 1. The van der Waals surface area contributed by atoms with Gasteiger partial charge in [0.25, 0.3) is 11.8 Å². The standard InChI is InChI=1S/2C21H21N5O2.C20H23N5O3S.C20H22N4O3S/c1-26-17-9-12(24-20-14-3-2-8-22-16(14)11-23-20)4-6-15(17)21(25-26)28-19-10-13-5-7-18(19)27-13;1-26-16-9-13(24-20-19-12(11-23-20)3-2-8-22-19)4-6-15(16)21(25-26)28-18-10-14-5-7-17(18)27-14;1-25-17-12-13(23-19(26)18-16(21)4-3-9-22-18)5-6-15(17)20(24-25)28-14-7-10-29(2,27)11-8-14;1-24-18-13-14(22-19(25)17-5-3-4-10-21-17)6-7-16(18)20(23-24)27-15-8-11-28(2,26)12-9-15/h2-4,6,8-9,13,18-19H,5,7,10-11H2,1H3,(H,23,24);2-4,6,8-9,14,17-18H,5,7,10-11H2,1H3,(H,23,24);3-6,9,12,14H,2,7-8,10-11,21H2,1H3,(H,23,26);3-7,10,13,15H,2,8-9,11-12H2,1H3,(H,22,25). The fourth-order valence-electron chi connectivity index (χ4n) is 15.7. The average molecular weight is 1560 g/mol. The molecule has 0 radical (unpaired) electrons. The number of nitrogens with one attached hydrogen (secondary N) is 4. The molecule has 0 saturated carbocycles. The Balaban J connectivity index is 0.000000109. The van der Waals surface area contributed by atoms with Gasteiger partial charge in [-0.25, -0.2) is 4.98 Å². The second-order valence-electron chi connectivity index (χ2n) is 29.7. The molecule has 8 aliphatic heterocycles. The SMILES string of the molecule is C=S1(=O)CCC(Oc2nn(C)c3cc(NC(=O)c4ccccn4)ccc23)CC1.C=S1(=O)CCC(Oc2nn(C)c3cc(NC(=O)c4ncccc4N)ccc23)CC1.Cn1nc(OC2CC3CCC2O3)c2ccc(NC3=NCc4cccnc43)cc21.Cn1nc(OC2CC3CCC2O3)c2ccc(NC3=NCc4ncccc43)cc21. The van der Waals surface area contributed by atoms with Crippen LogP contribution < -0.4 is 45.9 Å². The predicted octanol–water partition coefficient (Wildman–Crippen LogP) is 10.6. The van der Waals surface area contributed by atoms with E-state index in [2.05, 4.69) is 114 Å². The maximum Gasteiger partial charge on any atom is 0.276 e. The van der Waals surface area contributed by atoms with Crippen LogP contribution in [0.2, 0.25) is 0 Å². The highest BCUT2D eigenvalue weighted by Crippen LogP contribution is 2.41. The lowest BCUT2D eigenvalue weighted by molar-refractivity contribution is 0.0625. The molecule has 6 saturated heterocycles. The maximum atomic E-state index is 12.4. The van der Waals surface area contributed by atoms with Gasteiger partial charge in [0.2, 0.25) is 23.5 Å². The van der Waals surface area contributed by atoms with E-state index in [9.17, 15) is 18.0 Å². The molecule has 4 aromatic carbocycles. The van der Waals surface area contributed by atoms with Gasteiger partial charge in [0.15, 0.2) is 11.5 Å². The number of carbonyl (C=O) groups is 2. The summed E-state index contributed by atoms with van der Waals surface area (Å²) in [5.41, 5.74) is 17.7. The summed E-state index contributed by atoms with van der Waals surface area (Å²) >= 11 is 0. The third-order valence-corrected chi connectivity index (χ3v) is 25.7. The van der Waals surface area contributed by atoms with E-state index in [0.717, 1.165) is 141 Å². The number of ether oxygens (including phenoxy) is 6. The van der Waals surface area contributed by atoms with Crippen molar-refractivity contribution in [2.24, 2.45) is 38.2 Å². The van der Waals surface area contributed by atoms with Gasteiger partial charge in [-0.3, -0.25) is 61.7 Å². The molecule has 16 heterocycles. The number of benzene rings is 4. The zero-order valence-corrected chi connectivity index (χ0v) is 64.7. The number of amides is 2. The molecule has 31 heteroatoms. The summed E-state index contributed by atoms with van der Waals surface area (Å²) in [5.74, 6) is 13.4. The van der Waals surface area contributed by atoms with Crippen LogP contribution in [-0.2, 0) is 69.8 Å². The zero-order chi connectivity index (χ0) is 77.7. The minimum Gasteiger partial charge on any atom is -0.473 e. The lowest BCUT2D eigenvalue weighted by Gasteiger charge is -2.24. The molecular formula is C82H87N19O10S2. The summed E-state index contributed by atoms with van der Waals surface area (Å²) < 4.78 is 67.7. The van der Waals surface area contributed by atoms with E-state index in [1.54, 1.807) is 58.2 Å². The number of fused-ring (bicyclic) bond motifs is 10. The molecule has 6 atom stereocenters. The third kappa shape index (κ3) is 16.1. The number of rotatable bonds is 14. The van der Waals surface area contributed by atoms with Crippen LogP contribution in [0.15, 0.2) is 162 Å². The Kier molecular flexibility index (Phi) is 20.3. The average Bonchev–Trinajstić information content (AvgIpc) is 1.65. The van der Waals surface area contributed by atoms with Gasteiger partial charge >= 0.3 is 0 Å². The quantitative estimate of drug-likeness (QED) is 0.0631. The first-order chi connectivity index (χ1) is 54.7. The Morgan fingerprint density at radius 2 is 0.929 bits per heavy atom. The lowest BCUT2D eigenvalue weighted by Crippen LogP contribution is -2.30. The largest absolute Gasteiger partial charge is 0.473 e. The van der Waals surface area contributed by atoms with Crippen LogP contribution in [-0.4, -0.2) is 175 Å². The summed E-state index contributed by atoms with van der Waals surface area (Å²) in [7, 11) is 3.66. The summed E-state index contributed by atoms with van der Waals surface area (Å²) in [4.78, 5) is 50.8. The minimum absolute atomic E-state index is 0.00189. The monoisotopic (exact) mass is 1560 g/mol. The number of carbonyl (C=O) groups excluding carboxylic acids is 2. The summed E-state index contributed by atoms with van der Waals surface area (Å²) in [6.07, 6.45) is 17.4. The fraction of sp³-hybridized carbons (Fsp3) is 0.341. The molecular weight excluding hydrogens is 1480 g/mol. The summed E-state index contributed by atoms with van der Waals surface area (Å²) in [6, 6.07) is 39.9. The number of aliphatic imine (C=N–C) groups is 2. The molecule has 4 bridgehead atoms. The predicted molar refractivity (Wildman–Crippen MR) is 439 cm³/mol. The number of amidine groups is 2. The molecule has 2 amide bonds. The number of nitrogen functional groups attached to an aromatic ring is 1. The highest BCUT2D eigenvalue weighted by atomic mass is 32.2. The molecule has 113 heavy (non-hydrogen) atoms. The van der Waals surface area contributed by atoms with Crippen LogP contribution in [0.3, 0.4) is 0 Å². The van der Waals surface area contributed by atoms with E-state index in [1.165, 1.54) is 6.20 Å². The van der Waals surface area contributed by atoms with E-state index in [1.807, 2.05) is 104 Å². The Hall–Kier alpha value is -11.8.